The van der Waals surface area contributed by atoms with Crippen LogP contribution in [-0.4, -0.2) is 26.3 Å². The predicted molar refractivity (Wildman–Crippen MR) is 82.7 cm³/mol. The number of ether oxygens (including phenoxy) is 2. The van der Waals surface area contributed by atoms with Crippen LogP contribution in [0.25, 0.3) is 0 Å². The molecule has 0 saturated heterocycles. The van der Waals surface area contributed by atoms with Crippen molar-refractivity contribution in [2.24, 2.45) is 0 Å². The summed E-state index contributed by atoms with van der Waals surface area (Å²) in [5, 5.41) is 3.55. The monoisotopic (exact) mass is 277 g/mol. The zero-order chi connectivity index (χ0) is 14.2. The largest absolute Gasteiger partial charge is 0.493 e. The number of benzene rings is 1. The van der Waals surface area contributed by atoms with Crippen LogP contribution in [0.1, 0.15) is 44.1 Å². The van der Waals surface area contributed by atoms with Crippen molar-refractivity contribution in [2.75, 3.05) is 20.3 Å². The molecule has 20 heavy (non-hydrogen) atoms. The molecular formula is C17H27NO2. The molecule has 3 heteroatoms. The Hall–Kier alpha value is -1.22. The maximum absolute atomic E-state index is 5.80. The first-order valence-corrected chi connectivity index (χ1v) is 7.80. The minimum absolute atomic E-state index is 0.773. The number of hydrogen-bond donors (Lipinski definition) is 1. The molecule has 112 valence electrons. The second-order valence-electron chi connectivity index (χ2n) is 5.65. The quantitative estimate of drug-likeness (QED) is 0.662. The average Bonchev–Trinajstić information content (AvgIpc) is 3.27. The van der Waals surface area contributed by atoms with Crippen LogP contribution in [0.4, 0.5) is 0 Å². The van der Waals surface area contributed by atoms with E-state index in [4.69, 9.17) is 9.47 Å². The Bertz CT molecular complexity index is 402. The molecule has 1 aliphatic carbocycles. The molecule has 0 spiro atoms. The van der Waals surface area contributed by atoms with Crippen molar-refractivity contribution in [3.05, 3.63) is 23.8 Å². The minimum atomic E-state index is 0.773. The van der Waals surface area contributed by atoms with Gasteiger partial charge in [0.15, 0.2) is 11.5 Å². The molecule has 0 amide bonds. The lowest BCUT2D eigenvalue weighted by Crippen LogP contribution is -2.17. The third-order valence-electron chi connectivity index (χ3n) is 3.66. The second-order valence-corrected chi connectivity index (χ2v) is 5.65. The van der Waals surface area contributed by atoms with Gasteiger partial charge in [-0.25, -0.2) is 0 Å². The first kappa shape index (κ1) is 15.2. The first-order chi connectivity index (χ1) is 9.79. The number of hydrogen-bond acceptors (Lipinski definition) is 3. The molecule has 1 aliphatic rings. The van der Waals surface area contributed by atoms with E-state index in [-0.39, 0.29) is 0 Å². The Morgan fingerprint density at radius 2 is 1.90 bits per heavy atom. The van der Waals surface area contributed by atoms with Crippen molar-refractivity contribution in [3.8, 4) is 11.5 Å². The summed E-state index contributed by atoms with van der Waals surface area (Å²) in [4.78, 5) is 0. The standard InChI is InChI=1S/C17H27NO2/c1-14-7-10-16(17(13-14)19-2)20-12-6-4-3-5-11-18-15-8-9-15/h7,10,13,15,18H,3-6,8-9,11-12H2,1-2H3. The molecule has 0 heterocycles. The summed E-state index contributed by atoms with van der Waals surface area (Å²) in [6, 6.07) is 6.90. The molecule has 0 aromatic heterocycles. The highest BCUT2D eigenvalue weighted by Crippen LogP contribution is 2.27. The van der Waals surface area contributed by atoms with E-state index in [1.54, 1.807) is 7.11 Å². The summed E-state index contributed by atoms with van der Waals surface area (Å²) < 4.78 is 11.1. The summed E-state index contributed by atoms with van der Waals surface area (Å²) >= 11 is 0. The zero-order valence-electron chi connectivity index (χ0n) is 12.8. The van der Waals surface area contributed by atoms with Crippen molar-refractivity contribution in [3.63, 3.8) is 0 Å². The number of methoxy groups -OCH3 is 1. The fourth-order valence-corrected chi connectivity index (χ4v) is 2.25. The average molecular weight is 277 g/mol. The molecule has 1 aromatic rings. The van der Waals surface area contributed by atoms with Crippen molar-refractivity contribution >= 4 is 0 Å². The number of nitrogens with one attached hydrogen (secondary N) is 1. The lowest BCUT2D eigenvalue weighted by atomic mass is 10.2. The smallest absolute Gasteiger partial charge is 0.161 e. The van der Waals surface area contributed by atoms with Gasteiger partial charge in [-0.15, -0.1) is 0 Å². The molecule has 1 aromatic carbocycles. The van der Waals surface area contributed by atoms with Crippen molar-refractivity contribution < 1.29 is 9.47 Å². The highest BCUT2D eigenvalue weighted by molar-refractivity contribution is 5.42. The third-order valence-corrected chi connectivity index (χ3v) is 3.66. The topological polar surface area (TPSA) is 30.5 Å². The maximum Gasteiger partial charge on any atom is 0.161 e. The molecule has 0 unspecified atom stereocenters. The Morgan fingerprint density at radius 1 is 1.10 bits per heavy atom. The molecule has 1 fully saturated rings. The number of unbranched alkanes of at least 4 members (excludes halogenated alkanes) is 3. The molecule has 0 radical (unpaired) electrons. The molecule has 1 saturated carbocycles. The van der Waals surface area contributed by atoms with Crippen LogP contribution < -0.4 is 14.8 Å². The van der Waals surface area contributed by atoms with Gasteiger partial charge in [0, 0.05) is 6.04 Å². The van der Waals surface area contributed by atoms with Crippen LogP contribution in [-0.2, 0) is 0 Å². The minimum Gasteiger partial charge on any atom is -0.493 e. The highest BCUT2D eigenvalue weighted by Gasteiger charge is 2.19. The van der Waals surface area contributed by atoms with Crippen LogP contribution in [0.2, 0.25) is 0 Å². The van der Waals surface area contributed by atoms with E-state index in [2.05, 4.69) is 18.3 Å². The number of aryl methyl sites for hydroxylation is 1. The fraction of sp³-hybridized carbons (Fsp3) is 0.647. The maximum atomic E-state index is 5.80. The molecule has 0 atom stereocenters. The molecule has 0 aliphatic heterocycles. The van der Waals surface area contributed by atoms with E-state index >= 15 is 0 Å². The lowest BCUT2D eigenvalue weighted by molar-refractivity contribution is 0.284. The van der Waals surface area contributed by atoms with Gasteiger partial charge in [0.1, 0.15) is 0 Å². The van der Waals surface area contributed by atoms with Gasteiger partial charge in [-0.2, -0.15) is 0 Å². The summed E-state index contributed by atoms with van der Waals surface area (Å²) in [6.07, 6.45) is 7.68. The second kappa shape index (κ2) is 8.15. The Balaban J connectivity index is 1.53. The Kier molecular flexibility index (Phi) is 6.19. The fourth-order valence-electron chi connectivity index (χ4n) is 2.25. The van der Waals surface area contributed by atoms with Crippen molar-refractivity contribution in [2.45, 2.75) is 51.5 Å². The third kappa shape index (κ3) is 5.41. The van der Waals surface area contributed by atoms with Crippen LogP contribution in [0.15, 0.2) is 18.2 Å². The van der Waals surface area contributed by atoms with E-state index in [9.17, 15) is 0 Å². The van der Waals surface area contributed by atoms with Gasteiger partial charge in [0.2, 0.25) is 0 Å². The Morgan fingerprint density at radius 3 is 2.65 bits per heavy atom. The van der Waals surface area contributed by atoms with Gasteiger partial charge < -0.3 is 14.8 Å². The van der Waals surface area contributed by atoms with Crippen LogP contribution in [0.5, 0.6) is 11.5 Å². The number of rotatable bonds is 10. The van der Waals surface area contributed by atoms with Gasteiger partial charge in [0.05, 0.1) is 13.7 Å². The van der Waals surface area contributed by atoms with E-state index < -0.39 is 0 Å². The van der Waals surface area contributed by atoms with E-state index in [0.717, 1.165) is 30.6 Å². The summed E-state index contributed by atoms with van der Waals surface area (Å²) in [5.41, 5.74) is 1.19. The van der Waals surface area contributed by atoms with E-state index in [0.29, 0.717) is 0 Å². The predicted octanol–water partition coefficient (Wildman–Crippen LogP) is 3.69. The van der Waals surface area contributed by atoms with Crippen LogP contribution >= 0.6 is 0 Å². The Labute approximate surface area is 122 Å². The van der Waals surface area contributed by atoms with Crippen LogP contribution in [0, 0.1) is 6.92 Å². The summed E-state index contributed by atoms with van der Waals surface area (Å²) in [6.45, 7) is 4.01. The lowest BCUT2D eigenvalue weighted by Gasteiger charge is -2.11. The molecule has 0 bridgehead atoms. The van der Waals surface area contributed by atoms with Crippen LogP contribution in [0.3, 0.4) is 0 Å². The van der Waals surface area contributed by atoms with Gasteiger partial charge in [0.25, 0.3) is 0 Å². The van der Waals surface area contributed by atoms with Gasteiger partial charge in [-0.1, -0.05) is 18.9 Å². The van der Waals surface area contributed by atoms with Gasteiger partial charge in [-0.05, 0) is 56.8 Å². The normalized spacial score (nSPS) is 14.3. The summed E-state index contributed by atoms with van der Waals surface area (Å²) in [7, 11) is 1.69. The van der Waals surface area contributed by atoms with Crippen molar-refractivity contribution in [1.29, 1.82) is 0 Å². The molecular weight excluding hydrogens is 250 g/mol. The van der Waals surface area contributed by atoms with Gasteiger partial charge in [-0.3, -0.25) is 0 Å². The molecule has 3 nitrogen and oxygen atoms in total. The van der Waals surface area contributed by atoms with E-state index in [1.165, 1.54) is 44.2 Å². The van der Waals surface area contributed by atoms with Crippen molar-refractivity contribution in [1.82, 2.24) is 5.32 Å². The zero-order valence-corrected chi connectivity index (χ0v) is 12.8. The molecule has 1 N–H and O–H groups in total. The van der Waals surface area contributed by atoms with E-state index in [1.807, 2.05) is 12.1 Å². The summed E-state index contributed by atoms with van der Waals surface area (Å²) in [5.74, 6) is 1.69. The molecule has 2 rings (SSSR count). The first-order valence-electron chi connectivity index (χ1n) is 7.80. The van der Waals surface area contributed by atoms with Gasteiger partial charge >= 0.3 is 0 Å². The highest BCUT2D eigenvalue weighted by atomic mass is 16.5. The SMILES string of the molecule is COc1cc(C)ccc1OCCCCCCNC1CC1.